The van der Waals surface area contributed by atoms with E-state index in [1.165, 1.54) is 5.56 Å². The number of benzene rings is 1. The van der Waals surface area contributed by atoms with Crippen molar-refractivity contribution in [2.45, 2.75) is 0 Å². The van der Waals surface area contributed by atoms with Gasteiger partial charge in [-0.05, 0) is 11.6 Å². The van der Waals surface area contributed by atoms with E-state index in [9.17, 15) is 0 Å². The van der Waals surface area contributed by atoms with Crippen molar-refractivity contribution in [1.29, 1.82) is 0 Å². The van der Waals surface area contributed by atoms with Crippen LogP contribution in [0.5, 0.6) is 0 Å². The maximum Gasteiger partial charge on any atom is 0.185 e. The summed E-state index contributed by atoms with van der Waals surface area (Å²) in [4.78, 5) is 15.1. The first kappa shape index (κ1) is 15.5. The van der Waals surface area contributed by atoms with Gasteiger partial charge in [0, 0.05) is 60.5 Å². The molecule has 26 heavy (non-hydrogen) atoms. The van der Waals surface area contributed by atoms with Gasteiger partial charge in [-0.25, -0.2) is 9.97 Å². The second-order valence-corrected chi connectivity index (χ2v) is 7.28. The molecule has 1 aromatic carbocycles. The Morgan fingerprint density at radius 3 is 2.73 bits per heavy atom. The van der Waals surface area contributed by atoms with E-state index in [0.29, 0.717) is 0 Å². The quantitative estimate of drug-likeness (QED) is 0.583. The zero-order valence-corrected chi connectivity index (χ0v) is 15.1. The summed E-state index contributed by atoms with van der Waals surface area (Å²) in [5, 5.41) is 7.75. The van der Waals surface area contributed by atoms with Crippen molar-refractivity contribution < 1.29 is 0 Å². The Labute approximate surface area is 155 Å². The van der Waals surface area contributed by atoms with Gasteiger partial charge >= 0.3 is 0 Å². The molecule has 5 rings (SSSR count). The van der Waals surface area contributed by atoms with E-state index < -0.39 is 0 Å². The zero-order chi connectivity index (χ0) is 17.3. The summed E-state index contributed by atoms with van der Waals surface area (Å²) in [6.45, 7) is 4.07. The fraction of sp³-hybridized carbons (Fsp3) is 0.200. The van der Waals surface area contributed by atoms with Crippen LogP contribution in [0.25, 0.3) is 33.4 Å². The molecule has 0 spiro atoms. The maximum absolute atomic E-state index is 4.90. The molecule has 1 aliphatic rings. The minimum Gasteiger partial charge on any atom is -0.346 e. The van der Waals surface area contributed by atoms with Crippen LogP contribution in [0.3, 0.4) is 0 Å². The number of thiazole rings is 1. The zero-order valence-electron chi connectivity index (χ0n) is 14.3. The maximum atomic E-state index is 4.90. The molecule has 0 bridgehead atoms. The van der Waals surface area contributed by atoms with Crippen molar-refractivity contribution in [3.05, 3.63) is 54.2 Å². The predicted molar refractivity (Wildman–Crippen MR) is 108 cm³/mol. The molecule has 0 radical (unpaired) electrons. The second kappa shape index (κ2) is 6.55. The highest BCUT2D eigenvalue weighted by molar-refractivity contribution is 7.14. The van der Waals surface area contributed by atoms with Crippen LogP contribution in [0.2, 0.25) is 0 Å². The first-order valence-corrected chi connectivity index (χ1v) is 9.70. The highest BCUT2D eigenvalue weighted by atomic mass is 32.1. The van der Waals surface area contributed by atoms with Crippen LogP contribution in [0.1, 0.15) is 0 Å². The number of pyridine rings is 1. The van der Waals surface area contributed by atoms with E-state index in [1.807, 2.05) is 18.5 Å². The number of H-pyrrole nitrogens is 1. The minimum atomic E-state index is 0.899. The van der Waals surface area contributed by atoms with E-state index in [-0.39, 0.29) is 0 Å². The monoisotopic (exact) mass is 361 g/mol. The lowest BCUT2D eigenvalue weighted by atomic mass is 10.1. The first-order chi connectivity index (χ1) is 12.9. The third-order valence-electron chi connectivity index (χ3n) is 4.79. The molecule has 2 N–H and O–H groups in total. The van der Waals surface area contributed by atoms with Gasteiger partial charge < -0.3 is 15.2 Å². The van der Waals surface area contributed by atoms with Gasteiger partial charge in [-0.2, -0.15) is 0 Å². The van der Waals surface area contributed by atoms with Crippen molar-refractivity contribution in [3.63, 3.8) is 0 Å². The van der Waals surface area contributed by atoms with Crippen molar-refractivity contribution in [1.82, 2.24) is 20.3 Å². The number of nitrogens with one attached hydrogen (secondary N) is 2. The normalized spacial score (nSPS) is 14.8. The van der Waals surface area contributed by atoms with E-state index in [4.69, 9.17) is 4.98 Å². The lowest BCUT2D eigenvalue weighted by Gasteiger charge is -2.26. The van der Waals surface area contributed by atoms with Crippen LogP contribution in [-0.4, -0.2) is 41.1 Å². The standard InChI is InChI=1S/C20H19N5S/c1-2-4-14(5-3-1)15-10-16-17(12-23-19(16)22-11-15)18-13-26-20(24-18)25-8-6-21-7-9-25/h1-5,10-13,21H,6-9H2,(H,22,23). The van der Waals surface area contributed by atoms with Gasteiger partial charge in [-0.15, -0.1) is 11.3 Å². The highest BCUT2D eigenvalue weighted by Crippen LogP contribution is 2.33. The molecule has 0 saturated carbocycles. The topological polar surface area (TPSA) is 56.8 Å². The molecule has 4 heterocycles. The Balaban J connectivity index is 1.54. The van der Waals surface area contributed by atoms with Gasteiger partial charge in [0.15, 0.2) is 5.13 Å². The fourth-order valence-corrected chi connectivity index (χ4v) is 4.27. The predicted octanol–water partition coefficient (Wildman–Crippen LogP) is 3.76. The number of rotatable bonds is 3. The largest absolute Gasteiger partial charge is 0.346 e. The first-order valence-electron chi connectivity index (χ1n) is 8.82. The molecule has 1 saturated heterocycles. The van der Waals surface area contributed by atoms with Crippen LogP contribution >= 0.6 is 11.3 Å². The number of anilines is 1. The number of hydrogen-bond donors (Lipinski definition) is 2. The van der Waals surface area contributed by atoms with Gasteiger partial charge in [0.2, 0.25) is 0 Å². The van der Waals surface area contributed by atoms with Crippen molar-refractivity contribution in [3.8, 4) is 22.4 Å². The smallest absolute Gasteiger partial charge is 0.185 e. The van der Waals surface area contributed by atoms with E-state index >= 15 is 0 Å². The van der Waals surface area contributed by atoms with Crippen molar-refractivity contribution in [2.75, 3.05) is 31.1 Å². The molecule has 4 aromatic rings. The van der Waals surface area contributed by atoms with Gasteiger partial charge in [-0.1, -0.05) is 30.3 Å². The molecular formula is C20H19N5S. The molecule has 0 amide bonds. The average Bonchev–Trinajstić information content (AvgIpc) is 3.36. The molecule has 1 aliphatic heterocycles. The lowest BCUT2D eigenvalue weighted by Crippen LogP contribution is -2.43. The van der Waals surface area contributed by atoms with Gasteiger partial charge in [0.25, 0.3) is 0 Å². The molecule has 3 aromatic heterocycles. The number of nitrogens with zero attached hydrogens (tertiary/aromatic N) is 3. The molecule has 0 unspecified atom stereocenters. The Morgan fingerprint density at radius 2 is 1.88 bits per heavy atom. The average molecular weight is 361 g/mol. The van der Waals surface area contributed by atoms with Crippen molar-refractivity contribution >= 4 is 27.5 Å². The number of aromatic amines is 1. The molecule has 0 atom stereocenters. The summed E-state index contributed by atoms with van der Waals surface area (Å²) in [6.07, 6.45) is 3.94. The summed E-state index contributed by atoms with van der Waals surface area (Å²) in [7, 11) is 0. The number of hydrogen-bond acceptors (Lipinski definition) is 5. The van der Waals surface area contributed by atoms with E-state index in [2.05, 4.69) is 55.9 Å². The van der Waals surface area contributed by atoms with Gasteiger partial charge in [-0.3, -0.25) is 0 Å². The summed E-state index contributed by atoms with van der Waals surface area (Å²) in [5.74, 6) is 0. The van der Waals surface area contributed by atoms with Crippen LogP contribution in [-0.2, 0) is 0 Å². The SMILES string of the molecule is c1ccc(-c2cnc3[nH]cc(-c4csc(N5CCNCC5)n4)c3c2)cc1. The lowest BCUT2D eigenvalue weighted by molar-refractivity contribution is 0.588. The van der Waals surface area contributed by atoms with E-state index in [1.54, 1.807) is 11.3 Å². The molecule has 0 aliphatic carbocycles. The summed E-state index contributed by atoms with van der Waals surface area (Å²) < 4.78 is 0. The Morgan fingerprint density at radius 1 is 1.04 bits per heavy atom. The van der Waals surface area contributed by atoms with Crippen LogP contribution in [0.4, 0.5) is 5.13 Å². The molecule has 6 heteroatoms. The third-order valence-corrected chi connectivity index (χ3v) is 5.70. The highest BCUT2D eigenvalue weighted by Gasteiger charge is 2.16. The molecule has 5 nitrogen and oxygen atoms in total. The fourth-order valence-electron chi connectivity index (χ4n) is 3.39. The summed E-state index contributed by atoms with van der Waals surface area (Å²) >= 11 is 1.72. The molecule has 130 valence electrons. The van der Waals surface area contributed by atoms with Crippen LogP contribution < -0.4 is 10.2 Å². The second-order valence-electron chi connectivity index (χ2n) is 6.44. The van der Waals surface area contributed by atoms with Gasteiger partial charge in [0.1, 0.15) is 5.65 Å². The minimum absolute atomic E-state index is 0.899. The molecule has 1 fully saturated rings. The number of piperazine rings is 1. The molecular weight excluding hydrogens is 342 g/mol. The summed E-state index contributed by atoms with van der Waals surface area (Å²) in [6, 6.07) is 12.6. The Kier molecular flexibility index (Phi) is 3.92. The third kappa shape index (κ3) is 2.77. The van der Waals surface area contributed by atoms with E-state index in [0.717, 1.165) is 59.2 Å². The van der Waals surface area contributed by atoms with Gasteiger partial charge in [0.05, 0.1) is 5.69 Å². The Hall–Kier alpha value is -2.70. The Bertz CT molecular complexity index is 1030. The van der Waals surface area contributed by atoms with Crippen LogP contribution in [0, 0.1) is 0 Å². The summed E-state index contributed by atoms with van der Waals surface area (Å²) in [5.41, 5.74) is 5.33. The number of aromatic nitrogens is 3. The van der Waals surface area contributed by atoms with Crippen LogP contribution in [0.15, 0.2) is 54.2 Å². The van der Waals surface area contributed by atoms with Crippen molar-refractivity contribution in [2.24, 2.45) is 0 Å². The number of fused-ring (bicyclic) bond motifs is 1.